The summed E-state index contributed by atoms with van der Waals surface area (Å²) >= 11 is 0. The van der Waals surface area contributed by atoms with E-state index in [4.69, 9.17) is 0 Å². The van der Waals surface area contributed by atoms with Gasteiger partial charge in [0, 0.05) is 69.7 Å². The monoisotopic (exact) mass is 407 g/mol. The van der Waals surface area contributed by atoms with Gasteiger partial charge in [-0.3, -0.25) is 23.9 Å². The summed E-state index contributed by atoms with van der Waals surface area (Å²) in [6, 6.07) is 7.00. The molecule has 0 radical (unpaired) electrons. The van der Waals surface area contributed by atoms with E-state index < -0.39 is 0 Å². The number of carbonyl (C=O) groups excluding carboxylic acids is 2. The Kier molecular flexibility index (Phi) is 5.60. The lowest BCUT2D eigenvalue weighted by Gasteiger charge is -2.27. The van der Waals surface area contributed by atoms with Gasteiger partial charge in [-0.2, -0.15) is 10.2 Å². The van der Waals surface area contributed by atoms with Crippen molar-refractivity contribution in [2.24, 2.45) is 7.05 Å². The van der Waals surface area contributed by atoms with Crippen LogP contribution in [0.25, 0.3) is 0 Å². The summed E-state index contributed by atoms with van der Waals surface area (Å²) in [5, 5.41) is 11.9. The Balaban J connectivity index is 1.42. The zero-order valence-corrected chi connectivity index (χ0v) is 17.2. The quantitative estimate of drug-likeness (QED) is 0.662. The predicted molar refractivity (Wildman–Crippen MR) is 110 cm³/mol. The van der Waals surface area contributed by atoms with Crippen molar-refractivity contribution in [1.29, 1.82) is 0 Å². The molecule has 3 aromatic heterocycles. The zero-order valence-electron chi connectivity index (χ0n) is 17.2. The first-order valence-electron chi connectivity index (χ1n) is 10.1. The average molecular weight is 407 g/mol. The Labute approximate surface area is 174 Å². The van der Waals surface area contributed by atoms with Gasteiger partial charge < -0.3 is 10.2 Å². The normalized spacial score (nSPS) is 13.2. The third-order valence-electron chi connectivity index (χ3n) is 5.34. The molecule has 9 heteroatoms. The molecule has 0 atom stereocenters. The van der Waals surface area contributed by atoms with E-state index >= 15 is 0 Å². The number of nitrogens with one attached hydrogen (secondary N) is 1. The Morgan fingerprint density at radius 1 is 1.17 bits per heavy atom. The van der Waals surface area contributed by atoms with E-state index in [1.54, 1.807) is 35.1 Å². The smallest absolute Gasteiger partial charge is 0.274 e. The van der Waals surface area contributed by atoms with E-state index in [1.165, 1.54) is 0 Å². The standard InChI is InChI=1S/C21H25N7O2/c1-3-28-13-8-18(25-28)21(30)27-12-9-19-15(14-27)16(24-26(19)2)7-11-23-20(29)17-6-4-5-10-22-17/h4-6,8,10,13H,3,7,9,11-12,14H2,1-2H3,(H,23,29). The van der Waals surface area contributed by atoms with Crippen molar-refractivity contribution >= 4 is 11.8 Å². The minimum absolute atomic E-state index is 0.0638. The maximum Gasteiger partial charge on any atom is 0.274 e. The lowest BCUT2D eigenvalue weighted by Crippen LogP contribution is -2.37. The molecule has 0 aliphatic carbocycles. The number of fused-ring (bicyclic) bond motifs is 1. The van der Waals surface area contributed by atoms with Crippen LogP contribution >= 0.6 is 0 Å². The topological polar surface area (TPSA) is 97.9 Å². The molecule has 0 aromatic carbocycles. The number of nitrogens with zero attached hydrogens (tertiary/aromatic N) is 6. The van der Waals surface area contributed by atoms with Crippen LogP contribution < -0.4 is 5.32 Å². The van der Waals surface area contributed by atoms with Gasteiger partial charge in [0.05, 0.1) is 5.69 Å². The van der Waals surface area contributed by atoms with Crippen molar-refractivity contribution < 1.29 is 9.59 Å². The van der Waals surface area contributed by atoms with E-state index in [1.807, 2.05) is 29.7 Å². The number of aryl methyl sites for hydroxylation is 2. The first kappa shape index (κ1) is 19.8. The minimum atomic E-state index is -0.205. The molecule has 0 bridgehead atoms. The third kappa shape index (κ3) is 3.96. The minimum Gasteiger partial charge on any atom is -0.350 e. The fourth-order valence-corrected chi connectivity index (χ4v) is 3.74. The van der Waals surface area contributed by atoms with Crippen molar-refractivity contribution in [2.75, 3.05) is 13.1 Å². The summed E-state index contributed by atoms with van der Waals surface area (Å²) in [5.41, 5.74) is 3.98. The van der Waals surface area contributed by atoms with Gasteiger partial charge >= 0.3 is 0 Å². The Hall–Kier alpha value is -3.49. The molecule has 1 aliphatic heterocycles. The molecule has 0 unspecified atom stereocenters. The molecule has 156 valence electrons. The van der Waals surface area contributed by atoms with Crippen LogP contribution in [0.4, 0.5) is 0 Å². The molecule has 0 saturated heterocycles. The van der Waals surface area contributed by atoms with Crippen LogP contribution in [0.3, 0.4) is 0 Å². The number of amides is 2. The molecular formula is C21H25N7O2. The SMILES string of the molecule is CCn1ccc(C(=O)N2CCc3c(c(CCNC(=O)c4ccccn4)nn3C)C2)n1. The highest BCUT2D eigenvalue weighted by Gasteiger charge is 2.28. The van der Waals surface area contributed by atoms with Crippen LogP contribution in [0, 0.1) is 0 Å². The van der Waals surface area contributed by atoms with Crippen molar-refractivity contribution in [3.8, 4) is 0 Å². The number of hydrogen-bond acceptors (Lipinski definition) is 5. The summed E-state index contributed by atoms with van der Waals surface area (Å²) in [7, 11) is 1.93. The molecule has 3 aromatic rings. The third-order valence-corrected chi connectivity index (χ3v) is 5.34. The highest BCUT2D eigenvalue weighted by Crippen LogP contribution is 2.23. The van der Waals surface area contributed by atoms with Gasteiger partial charge in [0.15, 0.2) is 0 Å². The van der Waals surface area contributed by atoms with Crippen LogP contribution in [0.15, 0.2) is 36.7 Å². The Bertz CT molecular complexity index is 1050. The summed E-state index contributed by atoms with van der Waals surface area (Å²) < 4.78 is 3.64. The lowest BCUT2D eigenvalue weighted by molar-refractivity contribution is 0.0726. The van der Waals surface area contributed by atoms with Crippen LogP contribution in [0.5, 0.6) is 0 Å². The second kappa shape index (κ2) is 8.48. The second-order valence-electron chi connectivity index (χ2n) is 7.25. The lowest BCUT2D eigenvalue weighted by atomic mass is 10.0. The Morgan fingerprint density at radius 3 is 2.77 bits per heavy atom. The van der Waals surface area contributed by atoms with Gasteiger partial charge in [0.25, 0.3) is 11.8 Å². The summed E-state index contributed by atoms with van der Waals surface area (Å²) in [4.78, 5) is 31.0. The number of aromatic nitrogens is 5. The van der Waals surface area contributed by atoms with Crippen molar-refractivity contribution in [1.82, 2.24) is 34.8 Å². The molecular weight excluding hydrogens is 382 g/mol. The predicted octanol–water partition coefficient (Wildman–Crippen LogP) is 1.20. The van der Waals surface area contributed by atoms with Crippen molar-refractivity contribution in [3.05, 3.63) is 65.0 Å². The summed E-state index contributed by atoms with van der Waals surface area (Å²) in [6.45, 7) is 4.32. The molecule has 9 nitrogen and oxygen atoms in total. The van der Waals surface area contributed by atoms with E-state index in [0.29, 0.717) is 37.4 Å². The van der Waals surface area contributed by atoms with Gasteiger partial charge in [0.1, 0.15) is 11.4 Å². The van der Waals surface area contributed by atoms with Crippen LogP contribution in [-0.4, -0.2) is 54.3 Å². The van der Waals surface area contributed by atoms with Crippen molar-refractivity contribution in [2.45, 2.75) is 32.9 Å². The molecule has 4 heterocycles. The number of pyridine rings is 1. The molecule has 0 saturated carbocycles. The average Bonchev–Trinajstić information content (AvgIpc) is 3.38. The van der Waals surface area contributed by atoms with E-state index in [0.717, 1.165) is 29.9 Å². The van der Waals surface area contributed by atoms with Crippen molar-refractivity contribution in [3.63, 3.8) is 0 Å². The van der Waals surface area contributed by atoms with E-state index in [9.17, 15) is 9.59 Å². The van der Waals surface area contributed by atoms with Crippen LogP contribution in [0.1, 0.15) is 44.9 Å². The summed E-state index contributed by atoms with van der Waals surface area (Å²) in [5.74, 6) is -0.269. The maximum atomic E-state index is 12.9. The van der Waals surface area contributed by atoms with E-state index in [-0.39, 0.29) is 11.8 Å². The largest absolute Gasteiger partial charge is 0.350 e. The summed E-state index contributed by atoms with van der Waals surface area (Å²) in [6.07, 6.45) is 4.76. The highest BCUT2D eigenvalue weighted by atomic mass is 16.2. The van der Waals surface area contributed by atoms with Gasteiger partial charge in [0.2, 0.25) is 0 Å². The first-order chi connectivity index (χ1) is 14.6. The van der Waals surface area contributed by atoms with Gasteiger partial charge in [-0.1, -0.05) is 6.07 Å². The van der Waals surface area contributed by atoms with Gasteiger partial charge in [-0.05, 0) is 25.1 Å². The number of hydrogen-bond donors (Lipinski definition) is 1. The molecule has 4 rings (SSSR count). The highest BCUT2D eigenvalue weighted by molar-refractivity contribution is 5.92. The fourth-order valence-electron chi connectivity index (χ4n) is 3.74. The molecule has 0 fully saturated rings. The fraction of sp³-hybridized carbons (Fsp3) is 0.381. The van der Waals surface area contributed by atoms with Crippen LogP contribution in [-0.2, 0) is 33.0 Å². The van der Waals surface area contributed by atoms with Gasteiger partial charge in [-0.15, -0.1) is 0 Å². The van der Waals surface area contributed by atoms with E-state index in [2.05, 4.69) is 20.5 Å². The molecule has 2 amide bonds. The maximum absolute atomic E-state index is 12.9. The number of carbonyl (C=O) groups is 2. The molecule has 1 N–H and O–H groups in total. The number of rotatable bonds is 6. The Morgan fingerprint density at radius 2 is 2.03 bits per heavy atom. The zero-order chi connectivity index (χ0) is 21.1. The molecule has 1 aliphatic rings. The first-order valence-corrected chi connectivity index (χ1v) is 10.1. The van der Waals surface area contributed by atoms with Gasteiger partial charge in [-0.25, -0.2) is 0 Å². The molecule has 30 heavy (non-hydrogen) atoms. The van der Waals surface area contributed by atoms with Crippen LogP contribution in [0.2, 0.25) is 0 Å². The second-order valence-corrected chi connectivity index (χ2v) is 7.25. The molecule has 0 spiro atoms.